The van der Waals surface area contributed by atoms with E-state index in [2.05, 4.69) is 42.7 Å². The van der Waals surface area contributed by atoms with Gasteiger partial charge in [-0.2, -0.15) is 5.10 Å². The summed E-state index contributed by atoms with van der Waals surface area (Å²) in [6.07, 6.45) is 0.970. The van der Waals surface area contributed by atoms with Gasteiger partial charge in [0.05, 0.1) is 11.4 Å². The maximum Gasteiger partial charge on any atom is 0.251 e. The van der Waals surface area contributed by atoms with Crippen LogP contribution in [0.25, 0.3) is 5.69 Å². The van der Waals surface area contributed by atoms with Gasteiger partial charge in [0.15, 0.2) is 0 Å². The van der Waals surface area contributed by atoms with Gasteiger partial charge in [0.2, 0.25) is 0 Å². The molecule has 1 aliphatic rings. The zero-order valence-corrected chi connectivity index (χ0v) is 16.7. The van der Waals surface area contributed by atoms with Crippen LogP contribution >= 0.6 is 0 Å². The first kappa shape index (κ1) is 18.4. The minimum atomic E-state index is -0.0250. The lowest BCUT2D eigenvalue weighted by molar-refractivity contribution is 0.0949. The molecule has 0 saturated heterocycles. The highest BCUT2D eigenvalue weighted by Crippen LogP contribution is 2.21. The maximum atomic E-state index is 12.9. The number of hydrogen-bond acceptors (Lipinski definition) is 3. The predicted molar refractivity (Wildman–Crippen MR) is 111 cm³/mol. The fourth-order valence-electron chi connectivity index (χ4n) is 3.96. The summed E-state index contributed by atoms with van der Waals surface area (Å²) >= 11 is 0. The van der Waals surface area contributed by atoms with Gasteiger partial charge in [-0.1, -0.05) is 30.3 Å². The summed E-state index contributed by atoms with van der Waals surface area (Å²) in [5.74, 6) is -0.0250. The largest absolute Gasteiger partial charge is 0.348 e. The van der Waals surface area contributed by atoms with Gasteiger partial charge in [0, 0.05) is 29.9 Å². The topological polar surface area (TPSA) is 59.0 Å². The second-order valence-electron chi connectivity index (χ2n) is 7.40. The summed E-state index contributed by atoms with van der Waals surface area (Å²) in [7, 11) is 0. The van der Waals surface area contributed by atoms with E-state index in [-0.39, 0.29) is 5.91 Å². The summed E-state index contributed by atoms with van der Waals surface area (Å²) in [4.78, 5) is 12.9. The van der Waals surface area contributed by atoms with Gasteiger partial charge in [-0.25, -0.2) is 4.68 Å². The molecule has 5 nitrogen and oxygen atoms in total. The molecule has 4 rings (SSSR count). The first-order valence-corrected chi connectivity index (χ1v) is 9.77. The second-order valence-corrected chi connectivity index (χ2v) is 7.40. The van der Waals surface area contributed by atoms with Crippen LogP contribution in [0.2, 0.25) is 0 Å². The van der Waals surface area contributed by atoms with E-state index in [0.29, 0.717) is 6.54 Å². The van der Waals surface area contributed by atoms with Crippen LogP contribution in [-0.4, -0.2) is 22.2 Å². The number of fused-ring (bicyclic) bond motifs is 1. The van der Waals surface area contributed by atoms with E-state index in [1.54, 1.807) is 0 Å². The van der Waals surface area contributed by atoms with Gasteiger partial charge in [-0.05, 0) is 62.6 Å². The van der Waals surface area contributed by atoms with Gasteiger partial charge < -0.3 is 10.6 Å². The maximum absolute atomic E-state index is 12.9. The number of nitrogens with one attached hydrogen (secondary N) is 2. The van der Waals surface area contributed by atoms with E-state index < -0.39 is 0 Å². The quantitative estimate of drug-likeness (QED) is 0.736. The molecular formula is C23H26N4O. The molecule has 0 unspecified atom stereocenters. The lowest BCUT2D eigenvalue weighted by Gasteiger charge is -2.20. The van der Waals surface area contributed by atoms with E-state index in [0.717, 1.165) is 53.3 Å². The van der Waals surface area contributed by atoms with Crippen molar-refractivity contribution in [2.75, 3.05) is 6.54 Å². The number of carbonyl (C=O) groups excluding carboxylic acids is 1. The summed E-state index contributed by atoms with van der Waals surface area (Å²) in [6.45, 7) is 8.33. The summed E-state index contributed by atoms with van der Waals surface area (Å²) in [5.41, 5.74) is 8.48. The molecular weight excluding hydrogens is 348 g/mol. The van der Waals surface area contributed by atoms with Crippen molar-refractivity contribution in [1.82, 2.24) is 20.4 Å². The lowest BCUT2D eigenvalue weighted by Crippen LogP contribution is -2.29. The third-order valence-electron chi connectivity index (χ3n) is 5.60. The zero-order chi connectivity index (χ0) is 19.7. The van der Waals surface area contributed by atoms with Crippen molar-refractivity contribution < 1.29 is 4.79 Å². The van der Waals surface area contributed by atoms with Crippen LogP contribution in [-0.2, 0) is 19.5 Å². The summed E-state index contributed by atoms with van der Waals surface area (Å²) in [6, 6.07) is 14.2. The van der Waals surface area contributed by atoms with Gasteiger partial charge in [-0.3, -0.25) is 4.79 Å². The number of nitrogens with zero attached hydrogens (tertiary/aromatic N) is 2. The number of aromatic nitrogens is 2. The predicted octanol–water partition coefficient (Wildman–Crippen LogP) is 3.37. The second kappa shape index (κ2) is 7.60. The molecule has 5 heteroatoms. The Labute approximate surface area is 165 Å². The van der Waals surface area contributed by atoms with E-state index in [1.807, 2.05) is 35.9 Å². The molecule has 2 N–H and O–H groups in total. The fourth-order valence-corrected chi connectivity index (χ4v) is 3.96. The number of carbonyl (C=O) groups is 1. The van der Waals surface area contributed by atoms with E-state index in [1.165, 1.54) is 11.1 Å². The number of para-hydroxylation sites is 1. The highest BCUT2D eigenvalue weighted by atomic mass is 16.1. The standard InChI is InChI=1S/C23H26N4O/c1-15-7-4-5-10-22(15)27-17(3)20(16(2)26-27)14-25-23(28)19-9-6-8-18-11-12-24-13-21(18)19/h4-10,24H,11-14H2,1-3H3,(H,25,28). The van der Waals surface area contributed by atoms with Crippen LogP contribution in [0.5, 0.6) is 0 Å². The summed E-state index contributed by atoms with van der Waals surface area (Å²) in [5, 5.41) is 11.2. The van der Waals surface area contributed by atoms with Gasteiger partial charge in [0.1, 0.15) is 0 Å². The monoisotopic (exact) mass is 374 g/mol. The van der Waals surface area contributed by atoms with Crippen LogP contribution in [0, 0.1) is 20.8 Å². The Morgan fingerprint density at radius 3 is 2.79 bits per heavy atom. The number of amides is 1. The normalized spacial score (nSPS) is 13.2. The molecule has 2 heterocycles. The van der Waals surface area contributed by atoms with Crippen molar-refractivity contribution in [2.45, 2.75) is 40.3 Å². The van der Waals surface area contributed by atoms with E-state index in [4.69, 9.17) is 5.10 Å². The molecule has 1 amide bonds. The van der Waals surface area contributed by atoms with Crippen LogP contribution in [0.15, 0.2) is 42.5 Å². The first-order chi connectivity index (χ1) is 13.6. The Kier molecular flexibility index (Phi) is 5.01. The Balaban J connectivity index is 1.56. The highest BCUT2D eigenvalue weighted by Gasteiger charge is 2.19. The fraction of sp³-hybridized carbons (Fsp3) is 0.304. The highest BCUT2D eigenvalue weighted by molar-refractivity contribution is 5.96. The molecule has 28 heavy (non-hydrogen) atoms. The minimum absolute atomic E-state index is 0.0250. The van der Waals surface area contributed by atoms with Crippen LogP contribution in [0.1, 0.15) is 44.0 Å². The van der Waals surface area contributed by atoms with Gasteiger partial charge in [-0.15, -0.1) is 0 Å². The van der Waals surface area contributed by atoms with Gasteiger partial charge in [0.25, 0.3) is 5.91 Å². The Hall–Kier alpha value is -2.92. The smallest absolute Gasteiger partial charge is 0.251 e. The van der Waals surface area contributed by atoms with Crippen LogP contribution in [0.4, 0.5) is 0 Å². The number of aryl methyl sites for hydroxylation is 2. The molecule has 2 aromatic carbocycles. The molecule has 1 aliphatic heterocycles. The van der Waals surface area contributed by atoms with Crippen molar-refractivity contribution in [3.8, 4) is 5.69 Å². The van der Waals surface area contributed by atoms with E-state index >= 15 is 0 Å². The minimum Gasteiger partial charge on any atom is -0.348 e. The average molecular weight is 374 g/mol. The van der Waals surface area contributed by atoms with Crippen molar-refractivity contribution in [3.63, 3.8) is 0 Å². The average Bonchev–Trinajstić information content (AvgIpc) is 2.99. The molecule has 1 aromatic heterocycles. The van der Waals surface area contributed by atoms with Crippen LogP contribution < -0.4 is 10.6 Å². The Morgan fingerprint density at radius 2 is 1.96 bits per heavy atom. The van der Waals surface area contributed by atoms with Crippen molar-refractivity contribution in [3.05, 3.63) is 81.7 Å². The van der Waals surface area contributed by atoms with Crippen molar-refractivity contribution >= 4 is 5.91 Å². The molecule has 0 aliphatic carbocycles. The third kappa shape index (κ3) is 3.34. The summed E-state index contributed by atoms with van der Waals surface area (Å²) < 4.78 is 1.97. The lowest BCUT2D eigenvalue weighted by atomic mass is 9.95. The van der Waals surface area contributed by atoms with E-state index in [9.17, 15) is 4.79 Å². The first-order valence-electron chi connectivity index (χ1n) is 9.77. The molecule has 3 aromatic rings. The molecule has 0 atom stereocenters. The molecule has 0 saturated carbocycles. The van der Waals surface area contributed by atoms with Gasteiger partial charge >= 0.3 is 0 Å². The van der Waals surface area contributed by atoms with Crippen LogP contribution in [0.3, 0.4) is 0 Å². The zero-order valence-electron chi connectivity index (χ0n) is 16.7. The molecule has 0 spiro atoms. The molecule has 0 radical (unpaired) electrons. The number of hydrogen-bond donors (Lipinski definition) is 2. The SMILES string of the molecule is Cc1ccccc1-n1nc(C)c(CNC(=O)c2cccc3c2CNCC3)c1C. The molecule has 144 valence electrons. The van der Waals surface area contributed by atoms with Crippen molar-refractivity contribution in [1.29, 1.82) is 0 Å². The number of rotatable bonds is 4. The third-order valence-corrected chi connectivity index (χ3v) is 5.60. The Bertz CT molecular complexity index is 1040. The van der Waals surface area contributed by atoms with Crippen molar-refractivity contribution in [2.24, 2.45) is 0 Å². The number of benzene rings is 2. The molecule has 0 fully saturated rings. The Morgan fingerprint density at radius 1 is 1.14 bits per heavy atom. The molecule has 0 bridgehead atoms.